The molecule has 0 radical (unpaired) electrons. The highest BCUT2D eigenvalue weighted by Gasteiger charge is 2.27. The molecular weight excluding hydrogens is 274 g/mol. The minimum atomic E-state index is -0.160. The summed E-state index contributed by atoms with van der Waals surface area (Å²) in [5.41, 5.74) is 2.98. The maximum atomic E-state index is 12.2. The number of aromatic nitrogens is 2. The van der Waals surface area contributed by atoms with Crippen LogP contribution in [0.25, 0.3) is 0 Å². The fraction of sp³-hybridized carbons (Fsp3) is 0.769. The van der Waals surface area contributed by atoms with E-state index in [-0.39, 0.29) is 5.91 Å². The van der Waals surface area contributed by atoms with Crippen LogP contribution in [0, 0.1) is 0 Å². The van der Waals surface area contributed by atoms with Crippen molar-refractivity contribution in [1.82, 2.24) is 20.6 Å². The summed E-state index contributed by atoms with van der Waals surface area (Å²) < 4.78 is 0. The molecular formula is C13H23N5OS. The van der Waals surface area contributed by atoms with Gasteiger partial charge < -0.3 is 5.32 Å². The normalized spacial score (nSPS) is 23.6. The van der Waals surface area contributed by atoms with Crippen LogP contribution in [0.3, 0.4) is 0 Å². The highest BCUT2D eigenvalue weighted by atomic mass is 32.1. The molecule has 6 nitrogen and oxygen atoms in total. The molecule has 20 heavy (non-hydrogen) atoms. The highest BCUT2D eigenvalue weighted by molar-refractivity contribution is 7.17. The van der Waals surface area contributed by atoms with Crippen LogP contribution in [0.15, 0.2) is 0 Å². The van der Waals surface area contributed by atoms with Gasteiger partial charge in [0.25, 0.3) is 5.91 Å². The molecule has 1 amide bonds. The average Bonchev–Trinajstić information content (AvgIpc) is 2.89. The number of carbonyl (C=O) groups is 1. The van der Waals surface area contributed by atoms with E-state index in [1.165, 1.54) is 17.8 Å². The summed E-state index contributed by atoms with van der Waals surface area (Å²) in [7, 11) is 0. The number of hydrogen-bond acceptors (Lipinski definition) is 6. The van der Waals surface area contributed by atoms with Crippen molar-refractivity contribution in [2.45, 2.75) is 58.5 Å². The lowest BCUT2D eigenvalue weighted by Gasteiger charge is -2.38. The molecule has 2 rings (SSSR count). The molecule has 1 aromatic rings. The van der Waals surface area contributed by atoms with Crippen LogP contribution < -0.4 is 10.7 Å². The molecule has 0 aromatic carbocycles. The number of hydrogen-bond donors (Lipinski definition) is 2. The van der Waals surface area contributed by atoms with Gasteiger partial charge in [-0.25, -0.2) is 5.01 Å². The standard InChI is InChI=1S/C13H23N5OS/c1-4-8-14-13-16-15-12(20-13)11(19)17-18-9(2)6-5-7-10(18)3/h9-10H,4-8H2,1-3H3,(H,14,16)(H,17,19). The first-order valence-electron chi connectivity index (χ1n) is 7.28. The molecule has 0 aliphatic carbocycles. The Morgan fingerprint density at radius 1 is 1.35 bits per heavy atom. The topological polar surface area (TPSA) is 70.1 Å². The molecule has 1 aliphatic heterocycles. The molecule has 7 heteroatoms. The van der Waals surface area contributed by atoms with Crippen molar-refractivity contribution < 1.29 is 4.79 Å². The minimum absolute atomic E-state index is 0.160. The molecule has 2 heterocycles. The van der Waals surface area contributed by atoms with Crippen molar-refractivity contribution in [3.63, 3.8) is 0 Å². The maximum Gasteiger partial charge on any atom is 0.296 e. The van der Waals surface area contributed by atoms with E-state index < -0.39 is 0 Å². The van der Waals surface area contributed by atoms with E-state index in [1.54, 1.807) is 0 Å². The zero-order chi connectivity index (χ0) is 14.5. The van der Waals surface area contributed by atoms with Gasteiger partial charge in [0.05, 0.1) is 0 Å². The largest absolute Gasteiger partial charge is 0.360 e. The van der Waals surface area contributed by atoms with Crippen LogP contribution in [0.4, 0.5) is 5.13 Å². The van der Waals surface area contributed by atoms with Crippen LogP contribution >= 0.6 is 11.3 Å². The lowest BCUT2D eigenvalue weighted by molar-refractivity contribution is 0.0369. The van der Waals surface area contributed by atoms with Crippen molar-refractivity contribution in [2.24, 2.45) is 0 Å². The Hall–Kier alpha value is -1.21. The first-order chi connectivity index (χ1) is 9.61. The van der Waals surface area contributed by atoms with Gasteiger partial charge in [-0.05, 0) is 33.1 Å². The third-order valence-electron chi connectivity index (χ3n) is 3.57. The fourth-order valence-electron chi connectivity index (χ4n) is 2.43. The Kier molecular flexibility index (Phi) is 5.31. The second kappa shape index (κ2) is 6.99. The summed E-state index contributed by atoms with van der Waals surface area (Å²) in [5, 5.41) is 14.2. The van der Waals surface area contributed by atoms with Gasteiger partial charge in [-0.15, -0.1) is 10.2 Å². The van der Waals surface area contributed by atoms with Crippen molar-refractivity contribution in [3.8, 4) is 0 Å². The van der Waals surface area contributed by atoms with Crippen LogP contribution in [0.2, 0.25) is 0 Å². The quantitative estimate of drug-likeness (QED) is 0.872. The third-order valence-corrected chi connectivity index (χ3v) is 4.45. The number of rotatable bonds is 5. The first-order valence-corrected chi connectivity index (χ1v) is 8.10. The molecule has 0 bridgehead atoms. The zero-order valence-corrected chi connectivity index (χ0v) is 13.2. The summed E-state index contributed by atoms with van der Waals surface area (Å²) in [6.07, 6.45) is 4.47. The lowest BCUT2D eigenvalue weighted by Crippen LogP contribution is -2.54. The molecule has 0 spiro atoms. The third kappa shape index (κ3) is 3.67. The van der Waals surface area contributed by atoms with E-state index in [1.807, 2.05) is 5.01 Å². The smallest absolute Gasteiger partial charge is 0.296 e. The molecule has 2 N–H and O–H groups in total. The average molecular weight is 297 g/mol. The summed E-state index contributed by atoms with van der Waals surface area (Å²) in [6.45, 7) is 7.21. The van der Waals surface area contributed by atoms with Crippen molar-refractivity contribution in [1.29, 1.82) is 0 Å². The van der Waals surface area contributed by atoms with Gasteiger partial charge in [-0.1, -0.05) is 24.7 Å². The molecule has 1 aliphatic rings. The predicted octanol–water partition coefficient (Wildman–Crippen LogP) is 2.27. The van der Waals surface area contributed by atoms with Gasteiger partial charge in [0.15, 0.2) is 0 Å². The van der Waals surface area contributed by atoms with Crippen LogP contribution in [0.1, 0.15) is 56.3 Å². The number of piperidine rings is 1. The SMILES string of the molecule is CCCNc1nnc(C(=O)NN2C(C)CCCC2C)s1. The zero-order valence-electron chi connectivity index (χ0n) is 12.3. The van der Waals surface area contributed by atoms with E-state index >= 15 is 0 Å². The molecule has 0 saturated carbocycles. The number of nitrogens with one attached hydrogen (secondary N) is 2. The van der Waals surface area contributed by atoms with Gasteiger partial charge in [-0.2, -0.15) is 0 Å². The van der Waals surface area contributed by atoms with E-state index in [9.17, 15) is 4.79 Å². The van der Waals surface area contributed by atoms with Gasteiger partial charge in [0.2, 0.25) is 10.1 Å². The van der Waals surface area contributed by atoms with Crippen LogP contribution in [-0.4, -0.2) is 39.7 Å². The number of hydrazine groups is 1. The van der Waals surface area contributed by atoms with Gasteiger partial charge in [0, 0.05) is 18.6 Å². The van der Waals surface area contributed by atoms with E-state index in [2.05, 4.69) is 41.7 Å². The number of amides is 1. The summed E-state index contributed by atoms with van der Waals surface area (Å²) in [5.74, 6) is -0.160. The second-order valence-electron chi connectivity index (χ2n) is 5.32. The first kappa shape index (κ1) is 15.2. The number of carbonyl (C=O) groups excluding carboxylic acids is 1. The maximum absolute atomic E-state index is 12.2. The molecule has 1 saturated heterocycles. The summed E-state index contributed by atoms with van der Waals surface area (Å²) >= 11 is 1.30. The monoisotopic (exact) mass is 297 g/mol. The number of nitrogens with zero attached hydrogens (tertiary/aromatic N) is 3. The van der Waals surface area contributed by atoms with Gasteiger partial charge in [-0.3, -0.25) is 10.2 Å². The van der Waals surface area contributed by atoms with Crippen molar-refractivity contribution >= 4 is 22.4 Å². The van der Waals surface area contributed by atoms with Gasteiger partial charge in [0.1, 0.15) is 0 Å². The molecule has 1 fully saturated rings. The highest BCUT2D eigenvalue weighted by Crippen LogP contribution is 2.21. The Labute approximate surface area is 123 Å². The fourth-order valence-corrected chi connectivity index (χ4v) is 3.08. The minimum Gasteiger partial charge on any atom is -0.360 e. The molecule has 112 valence electrons. The van der Waals surface area contributed by atoms with Crippen LogP contribution in [-0.2, 0) is 0 Å². The van der Waals surface area contributed by atoms with Gasteiger partial charge >= 0.3 is 0 Å². The number of anilines is 1. The van der Waals surface area contributed by atoms with Crippen molar-refractivity contribution in [3.05, 3.63) is 5.01 Å². The van der Waals surface area contributed by atoms with E-state index in [0.29, 0.717) is 22.2 Å². The Bertz CT molecular complexity index is 440. The molecule has 1 aromatic heterocycles. The Balaban J connectivity index is 1.95. The molecule has 2 unspecified atom stereocenters. The second-order valence-corrected chi connectivity index (χ2v) is 6.29. The Morgan fingerprint density at radius 3 is 2.70 bits per heavy atom. The summed E-state index contributed by atoms with van der Waals surface area (Å²) in [6, 6.07) is 0.738. The van der Waals surface area contributed by atoms with Crippen molar-refractivity contribution in [2.75, 3.05) is 11.9 Å². The Morgan fingerprint density at radius 2 is 2.05 bits per heavy atom. The predicted molar refractivity (Wildman–Crippen MR) is 80.8 cm³/mol. The van der Waals surface area contributed by atoms with E-state index in [0.717, 1.165) is 25.8 Å². The van der Waals surface area contributed by atoms with E-state index in [4.69, 9.17) is 0 Å². The van der Waals surface area contributed by atoms with Crippen LogP contribution in [0.5, 0.6) is 0 Å². The molecule has 2 atom stereocenters. The summed E-state index contributed by atoms with van der Waals surface area (Å²) in [4.78, 5) is 12.2. The lowest BCUT2D eigenvalue weighted by atomic mass is 10.00.